The van der Waals surface area contributed by atoms with E-state index in [1.54, 1.807) is 12.1 Å². The number of ether oxygens (including phenoxy) is 1. The Hall–Kier alpha value is -2.90. The molecular weight excluding hydrogens is 363 g/mol. The molecule has 1 atom stereocenters. The summed E-state index contributed by atoms with van der Waals surface area (Å²) in [6.07, 6.45) is -4.05. The minimum Gasteiger partial charge on any atom is -0.465 e. The molecule has 0 unspecified atom stereocenters. The van der Waals surface area contributed by atoms with Gasteiger partial charge in [0, 0.05) is 24.5 Å². The Kier molecular flexibility index (Phi) is 6.55. The third kappa shape index (κ3) is 6.09. The summed E-state index contributed by atoms with van der Waals surface area (Å²) in [6, 6.07) is 10.6. The van der Waals surface area contributed by atoms with E-state index in [4.69, 9.17) is 4.74 Å². The molecule has 0 spiro atoms. The molecule has 0 saturated carbocycles. The molecule has 0 fully saturated rings. The van der Waals surface area contributed by atoms with Crippen LogP contribution in [0.15, 0.2) is 48.5 Å². The standard InChI is InChI=1S/C19H18F3NO4/c1-13(15-5-9-17(10-6-15)23(25)26)12-27-18(24)11-4-14-2-7-16(8-3-14)19(20,21)22/h2-3,5-10,13H,4,11-12H2,1H3/t13-/m1/s1. The summed E-state index contributed by atoms with van der Waals surface area (Å²) in [5, 5.41) is 10.6. The molecule has 0 aliphatic carbocycles. The van der Waals surface area contributed by atoms with E-state index >= 15 is 0 Å². The lowest BCUT2D eigenvalue weighted by atomic mass is 10.0. The van der Waals surface area contributed by atoms with Gasteiger partial charge in [-0.2, -0.15) is 13.2 Å². The maximum Gasteiger partial charge on any atom is 0.416 e. The average molecular weight is 381 g/mol. The second kappa shape index (κ2) is 8.66. The van der Waals surface area contributed by atoms with Crippen LogP contribution in [-0.4, -0.2) is 17.5 Å². The normalized spacial score (nSPS) is 12.4. The second-order valence-electron chi connectivity index (χ2n) is 6.13. The number of hydrogen-bond acceptors (Lipinski definition) is 4. The first-order valence-electron chi connectivity index (χ1n) is 8.23. The van der Waals surface area contributed by atoms with Crippen molar-refractivity contribution < 1.29 is 27.6 Å². The summed E-state index contributed by atoms with van der Waals surface area (Å²) in [5.74, 6) is -0.593. The van der Waals surface area contributed by atoms with Crippen molar-refractivity contribution in [2.45, 2.75) is 31.9 Å². The number of benzene rings is 2. The summed E-state index contributed by atoms with van der Waals surface area (Å²) in [4.78, 5) is 22.0. The molecule has 2 aromatic rings. The Morgan fingerprint density at radius 1 is 1.11 bits per heavy atom. The van der Waals surface area contributed by atoms with Crippen LogP contribution in [0.3, 0.4) is 0 Å². The van der Waals surface area contributed by atoms with Gasteiger partial charge >= 0.3 is 12.1 Å². The largest absolute Gasteiger partial charge is 0.465 e. The number of carbonyl (C=O) groups excluding carboxylic acids is 1. The van der Waals surface area contributed by atoms with Crippen molar-refractivity contribution in [1.82, 2.24) is 0 Å². The molecule has 5 nitrogen and oxygen atoms in total. The molecule has 0 bridgehead atoms. The molecule has 27 heavy (non-hydrogen) atoms. The summed E-state index contributed by atoms with van der Waals surface area (Å²) in [7, 11) is 0. The van der Waals surface area contributed by atoms with Gasteiger partial charge in [0.1, 0.15) is 0 Å². The molecule has 144 valence electrons. The van der Waals surface area contributed by atoms with E-state index in [1.807, 2.05) is 6.92 Å². The number of halogens is 3. The molecule has 0 aliphatic heterocycles. The first-order valence-corrected chi connectivity index (χ1v) is 8.23. The predicted octanol–water partition coefficient (Wildman–Crippen LogP) is 4.89. The summed E-state index contributed by atoms with van der Waals surface area (Å²) in [5.41, 5.74) is 0.671. The lowest BCUT2D eigenvalue weighted by Crippen LogP contribution is -2.11. The molecule has 0 radical (unpaired) electrons. The predicted molar refractivity (Wildman–Crippen MR) is 92.2 cm³/mol. The Morgan fingerprint density at radius 3 is 2.22 bits per heavy atom. The van der Waals surface area contributed by atoms with Crippen LogP contribution in [0, 0.1) is 10.1 Å². The highest BCUT2D eigenvalue weighted by molar-refractivity contribution is 5.69. The maximum atomic E-state index is 12.5. The molecule has 0 N–H and O–H groups in total. The molecule has 0 heterocycles. The second-order valence-corrected chi connectivity index (χ2v) is 6.13. The van der Waals surface area contributed by atoms with Gasteiger partial charge < -0.3 is 4.74 Å². The van der Waals surface area contributed by atoms with E-state index in [-0.39, 0.29) is 31.1 Å². The Bertz CT molecular complexity index is 786. The minimum absolute atomic E-state index is 0.0144. The zero-order valence-corrected chi connectivity index (χ0v) is 14.5. The van der Waals surface area contributed by atoms with E-state index < -0.39 is 22.6 Å². The van der Waals surface area contributed by atoms with Crippen molar-refractivity contribution in [3.05, 3.63) is 75.3 Å². The maximum absolute atomic E-state index is 12.5. The summed E-state index contributed by atoms with van der Waals surface area (Å²) >= 11 is 0. The summed E-state index contributed by atoms with van der Waals surface area (Å²) in [6.45, 7) is 1.94. The molecule has 8 heteroatoms. The third-order valence-corrected chi connectivity index (χ3v) is 4.07. The summed E-state index contributed by atoms with van der Waals surface area (Å²) < 4.78 is 42.7. The number of nitro benzene ring substituents is 1. The molecule has 2 rings (SSSR count). The van der Waals surface area contributed by atoms with Crippen LogP contribution in [0.1, 0.15) is 36.0 Å². The fraction of sp³-hybridized carbons (Fsp3) is 0.316. The Balaban J connectivity index is 1.79. The van der Waals surface area contributed by atoms with E-state index in [1.165, 1.54) is 24.3 Å². The van der Waals surface area contributed by atoms with Gasteiger partial charge in [0.25, 0.3) is 5.69 Å². The van der Waals surface area contributed by atoms with Crippen LogP contribution < -0.4 is 0 Å². The number of esters is 1. The van der Waals surface area contributed by atoms with Gasteiger partial charge in [-0.25, -0.2) is 0 Å². The van der Waals surface area contributed by atoms with Gasteiger partial charge in [-0.1, -0.05) is 31.2 Å². The zero-order valence-electron chi connectivity index (χ0n) is 14.5. The van der Waals surface area contributed by atoms with Crippen molar-refractivity contribution in [1.29, 1.82) is 0 Å². The molecule has 0 saturated heterocycles. The van der Waals surface area contributed by atoms with Crippen LogP contribution in [0.5, 0.6) is 0 Å². The number of alkyl halides is 3. The first-order chi connectivity index (χ1) is 12.7. The SMILES string of the molecule is C[C@H](COC(=O)CCc1ccc(C(F)(F)F)cc1)c1ccc([N+](=O)[O-])cc1. The fourth-order valence-corrected chi connectivity index (χ4v) is 2.42. The number of non-ortho nitro benzene ring substituents is 1. The lowest BCUT2D eigenvalue weighted by Gasteiger charge is -2.12. The number of nitro groups is 1. The molecule has 2 aromatic carbocycles. The highest BCUT2D eigenvalue weighted by Gasteiger charge is 2.29. The van der Waals surface area contributed by atoms with Gasteiger partial charge in [-0.3, -0.25) is 14.9 Å². The van der Waals surface area contributed by atoms with Crippen LogP contribution in [0.2, 0.25) is 0 Å². The minimum atomic E-state index is -4.38. The van der Waals surface area contributed by atoms with Crippen molar-refractivity contribution >= 4 is 11.7 Å². The smallest absolute Gasteiger partial charge is 0.416 e. The first kappa shape index (κ1) is 20.4. The van der Waals surface area contributed by atoms with Gasteiger partial charge in [0.05, 0.1) is 17.1 Å². The highest BCUT2D eigenvalue weighted by atomic mass is 19.4. The van der Waals surface area contributed by atoms with Crippen LogP contribution in [-0.2, 0) is 22.1 Å². The van der Waals surface area contributed by atoms with Crippen molar-refractivity contribution in [2.75, 3.05) is 6.61 Å². The topological polar surface area (TPSA) is 69.4 Å². The van der Waals surface area contributed by atoms with Gasteiger partial charge in [0.15, 0.2) is 0 Å². The van der Waals surface area contributed by atoms with Crippen molar-refractivity contribution in [3.8, 4) is 0 Å². The van der Waals surface area contributed by atoms with Crippen molar-refractivity contribution in [2.24, 2.45) is 0 Å². The number of rotatable bonds is 7. The van der Waals surface area contributed by atoms with Crippen molar-refractivity contribution in [3.63, 3.8) is 0 Å². The molecular formula is C19H18F3NO4. The average Bonchev–Trinajstić information content (AvgIpc) is 2.64. The lowest BCUT2D eigenvalue weighted by molar-refractivity contribution is -0.384. The number of aryl methyl sites for hydroxylation is 1. The monoisotopic (exact) mass is 381 g/mol. The van der Waals surface area contributed by atoms with Crippen LogP contribution >= 0.6 is 0 Å². The zero-order chi connectivity index (χ0) is 20.0. The molecule has 0 aliphatic rings. The van der Waals surface area contributed by atoms with E-state index in [9.17, 15) is 28.1 Å². The van der Waals surface area contributed by atoms with Gasteiger partial charge in [0.2, 0.25) is 0 Å². The number of carbonyl (C=O) groups is 1. The molecule has 0 amide bonds. The van der Waals surface area contributed by atoms with E-state index in [0.29, 0.717) is 5.56 Å². The van der Waals surface area contributed by atoms with Crippen LogP contribution in [0.4, 0.5) is 18.9 Å². The quantitative estimate of drug-likeness (QED) is 0.389. The number of nitrogens with zero attached hydrogens (tertiary/aromatic N) is 1. The Labute approximate surface area is 153 Å². The van der Waals surface area contributed by atoms with Crippen LogP contribution in [0.25, 0.3) is 0 Å². The number of hydrogen-bond donors (Lipinski definition) is 0. The highest BCUT2D eigenvalue weighted by Crippen LogP contribution is 2.29. The molecule has 0 aromatic heterocycles. The fourth-order valence-electron chi connectivity index (χ4n) is 2.42. The third-order valence-electron chi connectivity index (χ3n) is 4.07. The van der Waals surface area contributed by atoms with E-state index in [2.05, 4.69) is 0 Å². The van der Waals surface area contributed by atoms with E-state index in [0.717, 1.165) is 17.7 Å². The van der Waals surface area contributed by atoms with Gasteiger partial charge in [-0.15, -0.1) is 0 Å². The Morgan fingerprint density at radius 2 is 1.70 bits per heavy atom. The van der Waals surface area contributed by atoms with Gasteiger partial charge in [-0.05, 0) is 29.7 Å².